The van der Waals surface area contributed by atoms with Crippen molar-refractivity contribution in [2.75, 3.05) is 11.1 Å². The molecule has 0 aliphatic carbocycles. The number of halogens is 1. The lowest BCUT2D eigenvalue weighted by Crippen LogP contribution is -2.01. The molecule has 0 saturated carbocycles. The van der Waals surface area contributed by atoms with E-state index in [2.05, 4.69) is 20.3 Å². The molecule has 82 valence electrons. The van der Waals surface area contributed by atoms with E-state index in [4.69, 9.17) is 17.3 Å². The molecule has 0 unspecified atom stereocenters. The summed E-state index contributed by atoms with van der Waals surface area (Å²) in [6.45, 7) is 1.94. The van der Waals surface area contributed by atoms with Gasteiger partial charge in [0, 0.05) is 10.7 Å². The number of benzene rings is 1. The van der Waals surface area contributed by atoms with Crippen molar-refractivity contribution in [2.45, 2.75) is 6.92 Å². The SMILES string of the molecule is Cc1ccc(Nc2ncnc(N)n2)cc1Cl. The van der Waals surface area contributed by atoms with Crippen LogP contribution in [0, 0.1) is 6.92 Å². The fraction of sp³-hybridized carbons (Fsp3) is 0.100. The highest BCUT2D eigenvalue weighted by molar-refractivity contribution is 6.31. The maximum absolute atomic E-state index is 5.99. The van der Waals surface area contributed by atoms with Gasteiger partial charge in [0.05, 0.1) is 0 Å². The first-order chi connectivity index (χ1) is 7.65. The van der Waals surface area contributed by atoms with Crippen LogP contribution in [-0.2, 0) is 0 Å². The Kier molecular flexibility index (Phi) is 2.87. The summed E-state index contributed by atoms with van der Waals surface area (Å²) in [6.07, 6.45) is 1.35. The monoisotopic (exact) mass is 235 g/mol. The van der Waals surface area contributed by atoms with Crippen LogP contribution in [0.15, 0.2) is 24.5 Å². The molecule has 16 heavy (non-hydrogen) atoms. The summed E-state index contributed by atoms with van der Waals surface area (Å²) in [6, 6.07) is 5.60. The highest BCUT2D eigenvalue weighted by Gasteiger charge is 2.01. The standard InChI is InChI=1S/C10H10ClN5/c1-6-2-3-7(4-8(6)11)15-10-14-5-13-9(12)16-10/h2-5H,1H3,(H3,12,13,14,15,16). The summed E-state index contributed by atoms with van der Waals surface area (Å²) in [5.41, 5.74) is 7.26. The number of hydrogen-bond acceptors (Lipinski definition) is 5. The average molecular weight is 236 g/mol. The van der Waals surface area contributed by atoms with Crippen LogP contribution in [0.4, 0.5) is 17.6 Å². The third-order valence-electron chi connectivity index (χ3n) is 2.02. The number of anilines is 3. The van der Waals surface area contributed by atoms with E-state index < -0.39 is 0 Å². The Morgan fingerprint density at radius 1 is 1.31 bits per heavy atom. The molecule has 0 bridgehead atoms. The van der Waals surface area contributed by atoms with Crippen molar-refractivity contribution in [3.8, 4) is 0 Å². The Bertz CT molecular complexity index is 514. The fourth-order valence-electron chi connectivity index (χ4n) is 1.17. The van der Waals surface area contributed by atoms with Gasteiger partial charge in [-0.05, 0) is 24.6 Å². The van der Waals surface area contributed by atoms with Crippen LogP contribution in [0.3, 0.4) is 0 Å². The summed E-state index contributed by atoms with van der Waals surface area (Å²) in [7, 11) is 0. The molecule has 0 saturated heterocycles. The number of hydrogen-bond donors (Lipinski definition) is 2. The summed E-state index contributed by atoms with van der Waals surface area (Å²) in [5, 5.41) is 3.67. The summed E-state index contributed by atoms with van der Waals surface area (Å²) in [5.74, 6) is 0.572. The minimum absolute atomic E-state index is 0.177. The van der Waals surface area contributed by atoms with Gasteiger partial charge in [-0.2, -0.15) is 4.98 Å². The van der Waals surface area contributed by atoms with E-state index in [9.17, 15) is 0 Å². The summed E-state index contributed by atoms with van der Waals surface area (Å²) in [4.78, 5) is 11.6. The molecule has 0 aliphatic heterocycles. The zero-order chi connectivity index (χ0) is 11.5. The molecule has 1 aromatic carbocycles. The van der Waals surface area contributed by atoms with Crippen LogP contribution in [0.2, 0.25) is 5.02 Å². The molecule has 0 atom stereocenters. The van der Waals surface area contributed by atoms with Crippen molar-refractivity contribution in [2.24, 2.45) is 0 Å². The van der Waals surface area contributed by atoms with Crippen molar-refractivity contribution in [1.82, 2.24) is 15.0 Å². The van der Waals surface area contributed by atoms with Gasteiger partial charge in [0.2, 0.25) is 11.9 Å². The van der Waals surface area contributed by atoms with Crippen LogP contribution >= 0.6 is 11.6 Å². The zero-order valence-corrected chi connectivity index (χ0v) is 9.36. The Hall–Kier alpha value is -1.88. The van der Waals surface area contributed by atoms with Crippen LogP contribution in [0.1, 0.15) is 5.56 Å². The van der Waals surface area contributed by atoms with Gasteiger partial charge in [0.15, 0.2) is 0 Å². The maximum atomic E-state index is 5.99. The number of nitrogens with zero attached hydrogens (tertiary/aromatic N) is 3. The Labute approximate surface area is 97.7 Å². The topological polar surface area (TPSA) is 76.7 Å². The van der Waals surface area contributed by atoms with Crippen molar-refractivity contribution in [3.63, 3.8) is 0 Å². The molecule has 0 fully saturated rings. The van der Waals surface area contributed by atoms with E-state index in [0.29, 0.717) is 11.0 Å². The zero-order valence-electron chi connectivity index (χ0n) is 8.61. The highest BCUT2D eigenvalue weighted by atomic mass is 35.5. The van der Waals surface area contributed by atoms with Crippen LogP contribution in [0.25, 0.3) is 0 Å². The molecule has 0 spiro atoms. The number of rotatable bonds is 2. The number of aromatic nitrogens is 3. The van der Waals surface area contributed by atoms with E-state index in [1.165, 1.54) is 6.33 Å². The van der Waals surface area contributed by atoms with E-state index in [1.54, 1.807) is 6.07 Å². The summed E-state index contributed by atoms with van der Waals surface area (Å²) >= 11 is 5.99. The molecule has 0 radical (unpaired) electrons. The lowest BCUT2D eigenvalue weighted by molar-refractivity contribution is 1.07. The summed E-state index contributed by atoms with van der Waals surface area (Å²) < 4.78 is 0. The molecule has 2 aromatic rings. The number of nitrogen functional groups attached to an aromatic ring is 1. The fourth-order valence-corrected chi connectivity index (χ4v) is 1.35. The number of aryl methyl sites for hydroxylation is 1. The van der Waals surface area contributed by atoms with Crippen molar-refractivity contribution in [1.29, 1.82) is 0 Å². The van der Waals surface area contributed by atoms with E-state index in [1.807, 2.05) is 19.1 Å². The van der Waals surface area contributed by atoms with Crippen LogP contribution in [0.5, 0.6) is 0 Å². The number of nitrogens with one attached hydrogen (secondary N) is 1. The van der Waals surface area contributed by atoms with Gasteiger partial charge >= 0.3 is 0 Å². The van der Waals surface area contributed by atoms with Gasteiger partial charge in [-0.15, -0.1) is 0 Å². The molecule has 0 amide bonds. The molecule has 3 N–H and O–H groups in total. The van der Waals surface area contributed by atoms with Gasteiger partial charge in [0.1, 0.15) is 6.33 Å². The third-order valence-corrected chi connectivity index (χ3v) is 2.43. The van der Waals surface area contributed by atoms with Gasteiger partial charge < -0.3 is 11.1 Å². The molecular formula is C10H10ClN5. The normalized spacial score (nSPS) is 10.1. The van der Waals surface area contributed by atoms with Gasteiger partial charge in [-0.1, -0.05) is 17.7 Å². The van der Waals surface area contributed by atoms with Crippen LogP contribution < -0.4 is 11.1 Å². The van der Waals surface area contributed by atoms with Gasteiger partial charge in [-0.3, -0.25) is 0 Å². The third kappa shape index (κ3) is 2.38. The van der Waals surface area contributed by atoms with Crippen molar-refractivity contribution < 1.29 is 0 Å². The van der Waals surface area contributed by atoms with Gasteiger partial charge in [-0.25, -0.2) is 9.97 Å². The smallest absolute Gasteiger partial charge is 0.231 e. The second-order valence-corrected chi connectivity index (χ2v) is 3.66. The maximum Gasteiger partial charge on any atom is 0.231 e. The second kappa shape index (κ2) is 4.32. The molecule has 0 aliphatic rings. The molecule has 6 heteroatoms. The first-order valence-corrected chi connectivity index (χ1v) is 5.00. The highest BCUT2D eigenvalue weighted by Crippen LogP contribution is 2.21. The molecule has 1 aromatic heterocycles. The molecule has 1 heterocycles. The average Bonchev–Trinajstić information content (AvgIpc) is 2.24. The van der Waals surface area contributed by atoms with E-state index in [-0.39, 0.29) is 5.95 Å². The molecule has 2 rings (SSSR count). The number of nitrogens with two attached hydrogens (primary N) is 1. The minimum Gasteiger partial charge on any atom is -0.368 e. The largest absolute Gasteiger partial charge is 0.368 e. The minimum atomic E-state index is 0.177. The quantitative estimate of drug-likeness (QED) is 0.834. The predicted molar refractivity (Wildman–Crippen MR) is 63.7 cm³/mol. The van der Waals surface area contributed by atoms with E-state index in [0.717, 1.165) is 11.3 Å². The molecule has 5 nitrogen and oxygen atoms in total. The van der Waals surface area contributed by atoms with E-state index >= 15 is 0 Å². The second-order valence-electron chi connectivity index (χ2n) is 3.26. The first-order valence-electron chi connectivity index (χ1n) is 4.63. The molecular weight excluding hydrogens is 226 g/mol. The Morgan fingerprint density at radius 3 is 2.81 bits per heavy atom. The Balaban J connectivity index is 2.24. The Morgan fingerprint density at radius 2 is 2.12 bits per heavy atom. The van der Waals surface area contributed by atoms with Gasteiger partial charge in [0.25, 0.3) is 0 Å². The predicted octanol–water partition coefficient (Wildman–Crippen LogP) is 2.16. The van der Waals surface area contributed by atoms with Crippen molar-refractivity contribution in [3.05, 3.63) is 35.1 Å². The lowest BCUT2D eigenvalue weighted by atomic mass is 10.2. The van der Waals surface area contributed by atoms with Crippen LogP contribution in [-0.4, -0.2) is 15.0 Å². The lowest BCUT2D eigenvalue weighted by Gasteiger charge is -2.06. The first kappa shape index (κ1) is 10.6. The van der Waals surface area contributed by atoms with Crippen molar-refractivity contribution >= 4 is 29.2 Å².